The standard InChI is InChI=1S/C25H25N5O5S/c1-16-11-12-26-22(13-16)27-23(31)20(14-17-7-5-4-6-8-17)28-36(34,35)18-9-10-21-19(15-18)24(32)30(3)25(33)29(21)2/h4-13,15,20,28H,14H2,1-3H3,(H,26,27,31)/t20-/m0/s1. The second kappa shape index (κ2) is 9.88. The molecular formula is C25H25N5O5S. The normalized spacial score (nSPS) is 12.4. The molecule has 0 spiro atoms. The van der Waals surface area contributed by atoms with E-state index in [4.69, 9.17) is 0 Å². The first kappa shape index (κ1) is 25.0. The largest absolute Gasteiger partial charge is 0.330 e. The van der Waals surface area contributed by atoms with E-state index in [-0.39, 0.29) is 16.7 Å². The molecular weight excluding hydrogens is 482 g/mol. The third-order valence-corrected chi connectivity index (χ3v) is 7.28. The number of amides is 1. The molecule has 0 aliphatic carbocycles. The first-order valence-corrected chi connectivity index (χ1v) is 12.5. The summed E-state index contributed by atoms with van der Waals surface area (Å²) in [5.41, 5.74) is 0.790. The molecule has 1 amide bonds. The number of benzene rings is 2. The van der Waals surface area contributed by atoms with Crippen molar-refractivity contribution >= 4 is 32.7 Å². The van der Waals surface area contributed by atoms with Gasteiger partial charge in [-0.05, 0) is 54.8 Å². The number of hydrogen-bond acceptors (Lipinski definition) is 6. The number of rotatable bonds is 7. The van der Waals surface area contributed by atoms with Crippen LogP contribution >= 0.6 is 0 Å². The van der Waals surface area contributed by atoms with E-state index in [0.717, 1.165) is 15.7 Å². The zero-order chi connectivity index (χ0) is 26.0. The van der Waals surface area contributed by atoms with Gasteiger partial charge in [-0.1, -0.05) is 30.3 Å². The number of hydrogen-bond donors (Lipinski definition) is 2. The molecule has 2 aromatic heterocycles. The number of anilines is 1. The summed E-state index contributed by atoms with van der Waals surface area (Å²) in [6.07, 6.45) is 1.63. The van der Waals surface area contributed by atoms with Crippen LogP contribution in [0.2, 0.25) is 0 Å². The van der Waals surface area contributed by atoms with Gasteiger partial charge in [-0.2, -0.15) is 4.72 Å². The quantitative estimate of drug-likeness (QED) is 0.389. The molecule has 0 unspecified atom stereocenters. The number of nitrogens with one attached hydrogen (secondary N) is 2. The van der Waals surface area contributed by atoms with Gasteiger partial charge in [0.05, 0.1) is 15.8 Å². The first-order valence-electron chi connectivity index (χ1n) is 11.1. The summed E-state index contributed by atoms with van der Waals surface area (Å²) in [5, 5.41) is 2.73. The Morgan fingerprint density at radius 2 is 1.72 bits per heavy atom. The second-order valence-electron chi connectivity index (χ2n) is 8.46. The number of sulfonamides is 1. The Morgan fingerprint density at radius 1 is 1.00 bits per heavy atom. The van der Waals surface area contributed by atoms with Crippen molar-refractivity contribution in [2.75, 3.05) is 5.32 Å². The molecule has 0 aliphatic rings. The van der Waals surface area contributed by atoms with Gasteiger partial charge in [-0.3, -0.25) is 18.7 Å². The maximum absolute atomic E-state index is 13.4. The lowest BCUT2D eigenvalue weighted by atomic mass is 10.1. The van der Waals surface area contributed by atoms with Crippen molar-refractivity contribution in [1.82, 2.24) is 18.8 Å². The number of carbonyl (C=O) groups excluding carboxylic acids is 1. The maximum atomic E-state index is 13.4. The molecule has 4 rings (SSSR count). The number of carbonyl (C=O) groups is 1. The zero-order valence-electron chi connectivity index (χ0n) is 19.9. The van der Waals surface area contributed by atoms with Crippen LogP contribution in [0.3, 0.4) is 0 Å². The topological polar surface area (TPSA) is 132 Å². The number of pyridine rings is 1. The lowest BCUT2D eigenvalue weighted by molar-refractivity contribution is -0.117. The van der Waals surface area contributed by atoms with Crippen LogP contribution in [-0.4, -0.2) is 34.5 Å². The van der Waals surface area contributed by atoms with Crippen LogP contribution in [0.15, 0.2) is 81.3 Å². The zero-order valence-corrected chi connectivity index (χ0v) is 20.7. The van der Waals surface area contributed by atoms with E-state index >= 15 is 0 Å². The minimum Gasteiger partial charge on any atom is -0.309 e. The highest BCUT2D eigenvalue weighted by Gasteiger charge is 2.27. The molecule has 0 fully saturated rings. The Morgan fingerprint density at radius 3 is 2.42 bits per heavy atom. The van der Waals surface area contributed by atoms with Crippen molar-refractivity contribution in [2.45, 2.75) is 24.3 Å². The Bertz CT molecular complexity index is 1680. The van der Waals surface area contributed by atoms with E-state index in [2.05, 4.69) is 15.0 Å². The molecule has 11 heteroatoms. The number of fused-ring (bicyclic) bond motifs is 1. The SMILES string of the molecule is Cc1ccnc(NC(=O)[C@H](Cc2ccccc2)NS(=O)(=O)c2ccc3c(c2)c(=O)n(C)c(=O)n3C)c1. The fraction of sp³-hybridized carbons (Fsp3) is 0.200. The van der Waals surface area contributed by atoms with Crippen molar-refractivity contribution in [1.29, 1.82) is 0 Å². The Hall–Kier alpha value is -4.09. The summed E-state index contributed by atoms with van der Waals surface area (Å²) in [7, 11) is -1.42. The van der Waals surface area contributed by atoms with Crippen LogP contribution in [0.25, 0.3) is 10.9 Å². The van der Waals surface area contributed by atoms with E-state index in [1.807, 2.05) is 13.0 Å². The summed E-state index contributed by atoms with van der Waals surface area (Å²) >= 11 is 0. The van der Waals surface area contributed by atoms with E-state index in [1.54, 1.807) is 42.6 Å². The van der Waals surface area contributed by atoms with Crippen molar-refractivity contribution < 1.29 is 13.2 Å². The summed E-state index contributed by atoms with van der Waals surface area (Å²) in [4.78, 5) is 41.9. The molecule has 2 heterocycles. The molecule has 0 radical (unpaired) electrons. The molecule has 0 saturated carbocycles. The molecule has 0 saturated heterocycles. The molecule has 1 atom stereocenters. The number of aryl methyl sites for hydroxylation is 2. The van der Waals surface area contributed by atoms with Crippen LogP contribution in [0.1, 0.15) is 11.1 Å². The smallest absolute Gasteiger partial charge is 0.309 e. The molecule has 4 aromatic rings. The van der Waals surface area contributed by atoms with Crippen LogP contribution < -0.4 is 21.3 Å². The highest BCUT2D eigenvalue weighted by Crippen LogP contribution is 2.17. The fourth-order valence-electron chi connectivity index (χ4n) is 3.85. The van der Waals surface area contributed by atoms with Crippen molar-refractivity contribution in [3.05, 3.63) is 98.8 Å². The third kappa shape index (κ3) is 5.11. The second-order valence-corrected chi connectivity index (χ2v) is 10.2. The minimum absolute atomic E-state index is 0.0653. The molecule has 186 valence electrons. The van der Waals surface area contributed by atoms with Gasteiger partial charge in [0, 0.05) is 20.3 Å². The molecule has 0 aliphatic heterocycles. The maximum Gasteiger partial charge on any atom is 0.330 e. The van der Waals surface area contributed by atoms with Gasteiger partial charge < -0.3 is 5.32 Å². The highest BCUT2D eigenvalue weighted by molar-refractivity contribution is 7.89. The average molecular weight is 508 g/mol. The lowest BCUT2D eigenvalue weighted by Gasteiger charge is -2.19. The van der Waals surface area contributed by atoms with Crippen molar-refractivity contribution in [2.24, 2.45) is 14.1 Å². The van der Waals surface area contributed by atoms with E-state index in [0.29, 0.717) is 11.3 Å². The van der Waals surface area contributed by atoms with Crippen LogP contribution in [-0.2, 0) is 35.3 Å². The number of aromatic nitrogens is 3. The van der Waals surface area contributed by atoms with Crippen molar-refractivity contribution in [3.63, 3.8) is 0 Å². The minimum atomic E-state index is -4.24. The van der Waals surface area contributed by atoms with Gasteiger partial charge in [0.15, 0.2) is 0 Å². The fourth-order valence-corrected chi connectivity index (χ4v) is 5.07. The molecule has 36 heavy (non-hydrogen) atoms. The van der Waals surface area contributed by atoms with Gasteiger partial charge >= 0.3 is 5.69 Å². The predicted octanol–water partition coefficient (Wildman–Crippen LogP) is 1.47. The first-order chi connectivity index (χ1) is 17.1. The summed E-state index contributed by atoms with van der Waals surface area (Å²) < 4.78 is 31.3. The Kier molecular flexibility index (Phi) is 6.86. The lowest BCUT2D eigenvalue weighted by Crippen LogP contribution is -2.45. The van der Waals surface area contributed by atoms with Gasteiger partial charge in [0.2, 0.25) is 15.9 Å². The summed E-state index contributed by atoms with van der Waals surface area (Å²) in [5.74, 6) is -0.285. The third-order valence-electron chi connectivity index (χ3n) is 5.81. The van der Waals surface area contributed by atoms with Gasteiger partial charge in [0.25, 0.3) is 5.56 Å². The molecule has 2 aromatic carbocycles. The number of nitrogens with zero attached hydrogens (tertiary/aromatic N) is 3. The van der Waals surface area contributed by atoms with Crippen molar-refractivity contribution in [3.8, 4) is 0 Å². The molecule has 10 nitrogen and oxygen atoms in total. The van der Waals surface area contributed by atoms with Gasteiger partial charge in [-0.25, -0.2) is 18.2 Å². The van der Waals surface area contributed by atoms with E-state index in [1.165, 1.54) is 36.9 Å². The Balaban J connectivity index is 1.71. The van der Waals surface area contributed by atoms with Crippen LogP contribution in [0.4, 0.5) is 5.82 Å². The van der Waals surface area contributed by atoms with Crippen LogP contribution in [0, 0.1) is 6.92 Å². The Labute approximate surface area is 207 Å². The predicted molar refractivity (Wildman–Crippen MR) is 136 cm³/mol. The molecule has 2 N–H and O–H groups in total. The summed E-state index contributed by atoms with van der Waals surface area (Å²) in [6.45, 7) is 1.85. The average Bonchev–Trinajstić information content (AvgIpc) is 2.86. The van der Waals surface area contributed by atoms with E-state index < -0.39 is 33.2 Å². The van der Waals surface area contributed by atoms with Crippen LogP contribution in [0.5, 0.6) is 0 Å². The summed E-state index contributed by atoms with van der Waals surface area (Å²) in [6, 6.07) is 15.2. The molecule has 0 bridgehead atoms. The monoisotopic (exact) mass is 507 g/mol. The van der Waals surface area contributed by atoms with Gasteiger partial charge in [0.1, 0.15) is 11.9 Å². The van der Waals surface area contributed by atoms with Gasteiger partial charge in [-0.15, -0.1) is 0 Å². The highest BCUT2D eigenvalue weighted by atomic mass is 32.2. The van der Waals surface area contributed by atoms with E-state index in [9.17, 15) is 22.8 Å².